The van der Waals surface area contributed by atoms with Gasteiger partial charge in [-0.3, -0.25) is 0 Å². The van der Waals surface area contributed by atoms with Crippen molar-refractivity contribution in [3.63, 3.8) is 0 Å². The van der Waals surface area contributed by atoms with Crippen LogP contribution in [0.15, 0.2) is 36.0 Å². The third kappa shape index (κ3) is 4.46. The quantitative estimate of drug-likeness (QED) is 0.676. The van der Waals surface area contributed by atoms with E-state index < -0.39 is 11.7 Å². The number of hydrogen-bond acceptors (Lipinski definition) is 1. The molecular formula is C19H24BrF3N2. The standard InChI is InChI=1S/C19H24F3N2.BrH/c1-18(2)13-16(23-10-5-6-11-23)9-12-24(18)14-15-7-3-4-8-17(15)19(20,21)22;/h3-4,7-9,12H,5-6,10-11,13-14H2,1-2H3;1H/q+1;/p-1. The van der Waals surface area contributed by atoms with E-state index in [-0.39, 0.29) is 29.1 Å². The van der Waals surface area contributed by atoms with Gasteiger partial charge in [-0.25, -0.2) is 4.58 Å². The first-order valence-electron chi connectivity index (χ1n) is 8.48. The Bertz CT molecular complexity index is 671. The summed E-state index contributed by atoms with van der Waals surface area (Å²) >= 11 is 0. The second kappa shape index (κ2) is 7.52. The Morgan fingerprint density at radius 1 is 1.12 bits per heavy atom. The number of alkyl halides is 3. The average Bonchev–Trinajstić information content (AvgIpc) is 3.03. The van der Waals surface area contributed by atoms with Crippen LogP contribution in [-0.2, 0) is 12.7 Å². The number of hydrogen-bond donors (Lipinski definition) is 0. The second-order valence-electron chi connectivity index (χ2n) is 7.27. The van der Waals surface area contributed by atoms with E-state index in [2.05, 4.69) is 24.8 Å². The van der Waals surface area contributed by atoms with E-state index in [1.54, 1.807) is 12.1 Å². The van der Waals surface area contributed by atoms with Crippen molar-refractivity contribution in [1.29, 1.82) is 0 Å². The first-order valence-corrected chi connectivity index (χ1v) is 8.48. The lowest BCUT2D eigenvalue weighted by molar-refractivity contribution is -0.612. The molecule has 0 radical (unpaired) electrons. The molecule has 0 N–H and O–H groups in total. The van der Waals surface area contributed by atoms with E-state index >= 15 is 0 Å². The van der Waals surface area contributed by atoms with Crippen molar-refractivity contribution in [2.45, 2.75) is 51.4 Å². The zero-order valence-corrected chi connectivity index (χ0v) is 16.2. The molecule has 6 heteroatoms. The van der Waals surface area contributed by atoms with E-state index in [0.717, 1.165) is 25.6 Å². The van der Waals surface area contributed by atoms with Gasteiger partial charge in [-0.15, -0.1) is 0 Å². The first-order chi connectivity index (χ1) is 11.3. The smallest absolute Gasteiger partial charge is 0.416 e. The van der Waals surface area contributed by atoms with Gasteiger partial charge in [0.15, 0.2) is 18.3 Å². The summed E-state index contributed by atoms with van der Waals surface area (Å²) < 4.78 is 41.7. The van der Waals surface area contributed by atoms with Crippen LogP contribution in [0.25, 0.3) is 0 Å². The van der Waals surface area contributed by atoms with E-state index in [1.807, 2.05) is 10.8 Å². The summed E-state index contributed by atoms with van der Waals surface area (Å²) in [6.45, 7) is 6.65. The summed E-state index contributed by atoms with van der Waals surface area (Å²) in [5.74, 6) is 0. The lowest BCUT2D eigenvalue weighted by Gasteiger charge is -2.31. The lowest BCUT2D eigenvalue weighted by Crippen LogP contribution is -3.00. The number of rotatable bonds is 3. The van der Waals surface area contributed by atoms with Gasteiger partial charge in [-0.1, -0.05) is 18.2 Å². The maximum absolute atomic E-state index is 13.2. The fourth-order valence-corrected chi connectivity index (χ4v) is 3.59. The first kappa shape index (κ1) is 20.0. The maximum atomic E-state index is 13.2. The van der Waals surface area contributed by atoms with Gasteiger partial charge in [-0.2, -0.15) is 13.2 Å². The zero-order valence-electron chi connectivity index (χ0n) is 14.6. The Morgan fingerprint density at radius 3 is 2.36 bits per heavy atom. The molecule has 2 heterocycles. The molecule has 0 aromatic heterocycles. The Kier molecular flexibility index (Phi) is 6.02. The van der Waals surface area contributed by atoms with Crippen LogP contribution in [0, 0.1) is 0 Å². The predicted molar refractivity (Wildman–Crippen MR) is 89.1 cm³/mol. The third-order valence-electron chi connectivity index (χ3n) is 5.01. The third-order valence-corrected chi connectivity index (χ3v) is 5.01. The molecule has 3 rings (SSSR count). The van der Waals surface area contributed by atoms with Crippen LogP contribution in [0.1, 0.15) is 44.2 Å². The van der Waals surface area contributed by atoms with Crippen LogP contribution in [0.2, 0.25) is 0 Å². The van der Waals surface area contributed by atoms with Crippen molar-refractivity contribution >= 4 is 6.21 Å². The van der Waals surface area contributed by atoms with Crippen LogP contribution < -0.4 is 17.0 Å². The molecule has 1 saturated heterocycles. The van der Waals surface area contributed by atoms with Crippen LogP contribution in [-0.4, -0.2) is 34.3 Å². The van der Waals surface area contributed by atoms with E-state index in [4.69, 9.17) is 0 Å². The Hall–Kier alpha value is -1.30. The molecule has 1 aromatic carbocycles. The molecule has 138 valence electrons. The summed E-state index contributed by atoms with van der Waals surface area (Å²) in [6.07, 6.45) is 3.03. The number of nitrogens with zero attached hydrogens (tertiary/aromatic N) is 2. The molecule has 0 unspecified atom stereocenters. The number of halogens is 4. The van der Waals surface area contributed by atoms with Crippen molar-refractivity contribution in [3.05, 3.63) is 47.2 Å². The normalized spacial score (nSPS) is 20.0. The molecule has 0 spiro atoms. The molecule has 0 bridgehead atoms. The molecule has 0 atom stereocenters. The van der Waals surface area contributed by atoms with Crippen LogP contribution in [0.5, 0.6) is 0 Å². The van der Waals surface area contributed by atoms with Crippen molar-refractivity contribution in [2.24, 2.45) is 0 Å². The SMILES string of the molecule is CC1(C)CC(N2CCCC2)=CC=[N+]1Cc1ccccc1C(F)(F)F.[Br-]. The molecule has 2 aliphatic rings. The van der Waals surface area contributed by atoms with Crippen molar-refractivity contribution < 1.29 is 34.7 Å². The second-order valence-corrected chi connectivity index (χ2v) is 7.27. The van der Waals surface area contributed by atoms with Crippen molar-refractivity contribution in [3.8, 4) is 0 Å². The highest BCUT2D eigenvalue weighted by Crippen LogP contribution is 2.34. The van der Waals surface area contributed by atoms with E-state index in [0.29, 0.717) is 5.56 Å². The Balaban J connectivity index is 0.00000225. The van der Waals surface area contributed by atoms with Gasteiger partial charge in [0.25, 0.3) is 0 Å². The van der Waals surface area contributed by atoms with Gasteiger partial charge in [0.05, 0.1) is 12.0 Å². The number of benzene rings is 1. The number of likely N-dealkylation sites (tertiary alicyclic amines) is 1. The molecule has 2 aliphatic heterocycles. The molecule has 2 nitrogen and oxygen atoms in total. The summed E-state index contributed by atoms with van der Waals surface area (Å²) in [5, 5.41) is 0. The topological polar surface area (TPSA) is 6.25 Å². The highest BCUT2D eigenvalue weighted by molar-refractivity contribution is 5.68. The Labute approximate surface area is 157 Å². The summed E-state index contributed by atoms with van der Waals surface area (Å²) in [4.78, 5) is 2.40. The van der Waals surface area contributed by atoms with Gasteiger partial charge in [0.1, 0.15) is 0 Å². The van der Waals surface area contributed by atoms with E-state index in [9.17, 15) is 13.2 Å². The Morgan fingerprint density at radius 2 is 1.76 bits per heavy atom. The minimum Gasteiger partial charge on any atom is -1.00 e. The van der Waals surface area contributed by atoms with Crippen LogP contribution in [0.3, 0.4) is 0 Å². The van der Waals surface area contributed by atoms with Gasteiger partial charge >= 0.3 is 6.18 Å². The molecule has 0 aliphatic carbocycles. The van der Waals surface area contributed by atoms with E-state index in [1.165, 1.54) is 24.6 Å². The highest BCUT2D eigenvalue weighted by Gasteiger charge is 2.39. The van der Waals surface area contributed by atoms with Gasteiger partial charge < -0.3 is 21.9 Å². The molecular weight excluding hydrogens is 393 g/mol. The van der Waals surface area contributed by atoms with Gasteiger partial charge in [-0.05, 0) is 18.9 Å². The molecule has 1 aromatic rings. The predicted octanol–water partition coefficient (Wildman–Crippen LogP) is 1.45. The van der Waals surface area contributed by atoms with Crippen molar-refractivity contribution in [2.75, 3.05) is 13.1 Å². The fraction of sp³-hybridized carbons (Fsp3) is 0.526. The van der Waals surface area contributed by atoms with Crippen LogP contribution in [0.4, 0.5) is 13.2 Å². The van der Waals surface area contributed by atoms with Gasteiger partial charge in [0.2, 0.25) is 0 Å². The highest BCUT2D eigenvalue weighted by atomic mass is 79.9. The summed E-state index contributed by atoms with van der Waals surface area (Å²) in [5.41, 5.74) is 0.888. The average molecular weight is 417 g/mol. The summed E-state index contributed by atoms with van der Waals surface area (Å²) in [7, 11) is 0. The van der Waals surface area contributed by atoms with Crippen LogP contribution >= 0.6 is 0 Å². The molecule has 0 amide bonds. The monoisotopic (exact) mass is 416 g/mol. The summed E-state index contributed by atoms with van der Waals surface area (Å²) in [6, 6.07) is 5.86. The minimum absolute atomic E-state index is 0. The maximum Gasteiger partial charge on any atom is 0.416 e. The van der Waals surface area contributed by atoms with Gasteiger partial charge in [0, 0.05) is 44.3 Å². The molecule has 0 saturated carbocycles. The fourth-order valence-electron chi connectivity index (χ4n) is 3.59. The lowest BCUT2D eigenvalue weighted by atomic mass is 9.93. The minimum atomic E-state index is -4.31. The zero-order chi connectivity index (χ0) is 17.4. The largest absolute Gasteiger partial charge is 1.00 e. The van der Waals surface area contributed by atoms with Crippen molar-refractivity contribution in [1.82, 2.24) is 4.90 Å². The molecule has 25 heavy (non-hydrogen) atoms. The number of allylic oxidation sites excluding steroid dienone is 1. The molecule has 1 fully saturated rings.